The van der Waals surface area contributed by atoms with Gasteiger partial charge in [0, 0.05) is 44.0 Å². The second-order valence-electron chi connectivity index (χ2n) is 5.85. The lowest BCUT2D eigenvalue weighted by molar-refractivity contribution is -0.120. The lowest BCUT2D eigenvalue weighted by atomic mass is 10.3. The first-order chi connectivity index (χ1) is 12.1. The molecule has 25 heavy (non-hydrogen) atoms. The van der Waals surface area contributed by atoms with Crippen molar-refractivity contribution < 1.29 is 4.79 Å². The van der Waals surface area contributed by atoms with E-state index in [9.17, 15) is 4.79 Å². The van der Waals surface area contributed by atoms with E-state index < -0.39 is 0 Å². The number of piperazine rings is 1. The summed E-state index contributed by atoms with van der Waals surface area (Å²) >= 11 is 1.65. The predicted molar refractivity (Wildman–Crippen MR) is 98.8 cm³/mol. The molecule has 1 fully saturated rings. The summed E-state index contributed by atoms with van der Waals surface area (Å²) in [7, 11) is 1.85. The van der Waals surface area contributed by atoms with Crippen molar-refractivity contribution in [3.05, 3.63) is 28.5 Å². The summed E-state index contributed by atoms with van der Waals surface area (Å²) in [5, 5.41) is 8.46. The third-order valence-electron chi connectivity index (χ3n) is 3.91. The lowest BCUT2D eigenvalue weighted by Gasteiger charge is -2.35. The van der Waals surface area contributed by atoms with Crippen molar-refractivity contribution in [1.82, 2.24) is 25.0 Å². The maximum absolute atomic E-state index is 12.6. The van der Waals surface area contributed by atoms with E-state index in [-0.39, 0.29) is 5.91 Å². The van der Waals surface area contributed by atoms with Crippen molar-refractivity contribution in [3.63, 3.8) is 0 Å². The number of carbonyl (C=O) groups is 1. The summed E-state index contributed by atoms with van der Waals surface area (Å²) < 4.78 is 1.71. The van der Waals surface area contributed by atoms with Crippen LogP contribution < -0.4 is 10.2 Å². The van der Waals surface area contributed by atoms with Gasteiger partial charge in [0.2, 0.25) is 5.91 Å². The van der Waals surface area contributed by atoms with Crippen LogP contribution in [0.25, 0.3) is 0 Å². The van der Waals surface area contributed by atoms with Gasteiger partial charge in [-0.2, -0.15) is 5.10 Å². The molecule has 3 heterocycles. The fourth-order valence-corrected chi connectivity index (χ4v) is 3.45. The van der Waals surface area contributed by atoms with Crippen LogP contribution in [0.2, 0.25) is 0 Å². The van der Waals surface area contributed by atoms with E-state index in [1.807, 2.05) is 38.2 Å². The van der Waals surface area contributed by atoms with Crippen LogP contribution in [0.5, 0.6) is 0 Å². The third kappa shape index (κ3) is 4.16. The molecule has 3 rings (SSSR count). The molecule has 0 aliphatic carbocycles. The van der Waals surface area contributed by atoms with E-state index in [1.54, 1.807) is 27.1 Å². The maximum atomic E-state index is 12.6. The quantitative estimate of drug-likeness (QED) is 0.649. The smallest absolute Gasteiger partial charge is 0.246 e. The van der Waals surface area contributed by atoms with Crippen LogP contribution in [0.1, 0.15) is 16.8 Å². The van der Waals surface area contributed by atoms with Gasteiger partial charge in [0.1, 0.15) is 6.54 Å². The van der Waals surface area contributed by atoms with Crippen LogP contribution >= 0.6 is 11.3 Å². The van der Waals surface area contributed by atoms with Crippen molar-refractivity contribution in [2.45, 2.75) is 20.4 Å². The fourth-order valence-electron chi connectivity index (χ4n) is 2.73. The summed E-state index contributed by atoms with van der Waals surface area (Å²) in [5.74, 6) is 0.825. The number of aryl methyl sites for hydroxylation is 2. The molecule has 0 unspecified atom stereocenters. The maximum Gasteiger partial charge on any atom is 0.246 e. The molecule has 0 saturated carbocycles. The average molecular weight is 361 g/mol. The molecule has 1 N–H and O–H groups in total. The van der Waals surface area contributed by atoms with Gasteiger partial charge in [-0.05, 0) is 13.8 Å². The molecule has 0 aromatic carbocycles. The van der Waals surface area contributed by atoms with E-state index in [0.29, 0.717) is 19.6 Å². The minimum Gasteiger partial charge on any atom is -0.356 e. The Hall–Kier alpha value is -2.42. The van der Waals surface area contributed by atoms with Crippen molar-refractivity contribution in [1.29, 1.82) is 0 Å². The molecule has 1 aliphatic heterocycles. The molecule has 1 amide bonds. The Bertz CT molecular complexity index is 766. The number of rotatable bonds is 4. The standard InChI is InChI=1S/C16H23N7OS/c1-4-17-16(19-9-14-8-18-12(2)25-14)22-5-6-23(15(24)11-22)13-7-20-21(3)10-13/h7-8,10H,4-6,9,11H2,1-3H3,(H,17,19). The molecule has 2 aromatic rings. The van der Waals surface area contributed by atoms with E-state index in [0.717, 1.165) is 34.6 Å². The van der Waals surface area contributed by atoms with E-state index in [1.165, 1.54) is 0 Å². The Labute approximate surface area is 151 Å². The number of aliphatic imine (C=N–C) groups is 1. The van der Waals surface area contributed by atoms with Gasteiger partial charge in [0.05, 0.1) is 23.4 Å². The van der Waals surface area contributed by atoms with E-state index in [2.05, 4.69) is 20.4 Å². The highest BCUT2D eigenvalue weighted by Gasteiger charge is 2.27. The predicted octanol–water partition coefficient (Wildman–Crippen LogP) is 0.999. The van der Waals surface area contributed by atoms with Crippen molar-refractivity contribution in [2.24, 2.45) is 12.0 Å². The second kappa shape index (κ2) is 7.64. The molecule has 1 aliphatic rings. The number of hydrogen-bond donors (Lipinski definition) is 1. The zero-order valence-corrected chi connectivity index (χ0v) is 15.6. The van der Waals surface area contributed by atoms with Crippen LogP contribution in [-0.2, 0) is 18.4 Å². The molecule has 8 nitrogen and oxygen atoms in total. The molecule has 2 aromatic heterocycles. The Morgan fingerprint density at radius 2 is 2.24 bits per heavy atom. The molecular weight excluding hydrogens is 338 g/mol. The van der Waals surface area contributed by atoms with Gasteiger partial charge in [-0.15, -0.1) is 11.3 Å². The Morgan fingerprint density at radius 3 is 2.84 bits per heavy atom. The number of aromatic nitrogens is 3. The SMILES string of the molecule is CCNC(=NCc1cnc(C)s1)N1CCN(c2cnn(C)c2)C(=O)C1. The molecule has 0 bridgehead atoms. The number of carbonyl (C=O) groups excluding carboxylic acids is 1. The Balaban J connectivity index is 1.67. The molecular formula is C16H23N7OS. The summed E-state index contributed by atoms with van der Waals surface area (Å²) in [6, 6.07) is 0. The Kier molecular flexibility index (Phi) is 5.32. The summed E-state index contributed by atoms with van der Waals surface area (Å²) in [6.45, 7) is 7.01. The monoisotopic (exact) mass is 361 g/mol. The highest BCUT2D eigenvalue weighted by atomic mass is 32.1. The van der Waals surface area contributed by atoms with Crippen LogP contribution in [0.3, 0.4) is 0 Å². The first kappa shape index (κ1) is 17.4. The fraction of sp³-hybridized carbons (Fsp3) is 0.500. The van der Waals surface area contributed by atoms with Gasteiger partial charge in [-0.1, -0.05) is 0 Å². The zero-order valence-electron chi connectivity index (χ0n) is 14.8. The van der Waals surface area contributed by atoms with Gasteiger partial charge in [-0.3, -0.25) is 9.48 Å². The number of anilines is 1. The average Bonchev–Trinajstić information content (AvgIpc) is 3.19. The van der Waals surface area contributed by atoms with E-state index >= 15 is 0 Å². The summed E-state index contributed by atoms with van der Waals surface area (Å²) in [5.41, 5.74) is 0.842. The highest BCUT2D eigenvalue weighted by molar-refractivity contribution is 7.11. The number of nitrogens with one attached hydrogen (secondary N) is 1. The normalized spacial score (nSPS) is 15.8. The lowest BCUT2D eigenvalue weighted by Crippen LogP contribution is -2.55. The van der Waals surface area contributed by atoms with Crippen LogP contribution in [-0.4, -0.2) is 57.7 Å². The number of nitrogens with zero attached hydrogens (tertiary/aromatic N) is 6. The molecule has 9 heteroatoms. The van der Waals surface area contributed by atoms with Crippen molar-refractivity contribution >= 4 is 28.9 Å². The largest absolute Gasteiger partial charge is 0.356 e. The molecule has 0 atom stereocenters. The van der Waals surface area contributed by atoms with Crippen molar-refractivity contribution in [3.8, 4) is 0 Å². The molecule has 1 saturated heterocycles. The minimum absolute atomic E-state index is 0.0542. The number of guanidine groups is 1. The topological polar surface area (TPSA) is 78.7 Å². The molecule has 134 valence electrons. The van der Waals surface area contributed by atoms with E-state index in [4.69, 9.17) is 0 Å². The van der Waals surface area contributed by atoms with Crippen LogP contribution in [0.4, 0.5) is 5.69 Å². The number of hydrogen-bond acceptors (Lipinski definition) is 5. The summed E-state index contributed by atoms with van der Waals surface area (Å²) in [4.78, 5) is 26.4. The van der Waals surface area contributed by atoms with Crippen molar-refractivity contribution in [2.75, 3.05) is 31.1 Å². The van der Waals surface area contributed by atoms with Gasteiger partial charge < -0.3 is 15.1 Å². The van der Waals surface area contributed by atoms with Gasteiger partial charge in [-0.25, -0.2) is 9.98 Å². The number of amides is 1. The minimum atomic E-state index is 0.0542. The molecule has 0 spiro atoms. The molecule has 0 radical (unpaired) electrons. The second-order valence-corrected chi connectivity index (χ2v) is 7.17. The van der Waals surface area contributed by atoms with Crippen LogP contribution in [0, 0.1) is 6.92 Å². The van der Waals surface area contributed by atoms with Gasteiger partial charge in [0.25, 0.3) is 0 Å². The first-order valence-electron chi connectivity index (χ1n) is 8.30. The van der Waals surface area contributed by atoms with Gasteiger partial charge >= 0.3 is 0 Å². The zero-order chi connectivity index (χ0) is 17.8. The van der Waals surface area contributed by atoms with Gasteiger partial charge in [0.15, 0.2) is 5.96 Å². The Morgan fingerprint density at radius 1 is 1.40 bits per heavy atom. The number of thiazole rings is 1. The first-order valence-corrected chi connectivity index (χ1v) is 9.12. The third-order valence-corrected chi connectivity index (χ3v) is 4.81. The highest BCUT2D eigenvalue weighted by Crippen LogP contribution is 2.17. The van der Waals surface area contributed by atoms with Crippen LogP contribution in [0.15, 0.2) is 23.6 Å². The summed E-state index contributed by atoms with van der Waals surface area (Å²) in [6.07, 6.45) is 5.44.